The number of nitrogens with two attached hydrogens (primary N) is 1. The van der Waals surface area contributed by atoms with E-state index in [0.717, 1.165) is 24.9 Å². The summed E-state index contributed by atoms with van der Waals surface area (Å²) < 4.78 is 7.19. The Balaban J connectivity index is 1.39. The molecule has 3 N–H and O–H groups in total. The van der Waals surface area contributed by atoms with Gasteiger partial charge in [0.1, 0.15) is 11.8 Å². The predicted molar refractivity (Wildman–Crippen MR) is 103 cm³/mol. The van der Waals surface area contributed by atoms with E-state index in [9.17, 15) is 4.79 Å². The third-order valence-corrected chi connectivity index (χ3v) is 4.37. The molecule has 8 heteroatoms. The number of hydrogen-bond acceptors (Lipinski definition) is 6. The first-order chi connectivity index (χ1) is 13.0. The summed E-state index contributed by atoms with van der Waals surface area (Å²) in [5.74, 6) is 0.376. The lowest BCUT2D eigenvalue weighted by molar-refractivity contribution is 0.140. The first-order valence-corrected chi connectivity index (χ1v) is 8.96. The second-order valence-corrected chi connectivity index (χ2v) is 6.49. The number of benzene rings is 1. The number of imidazole rings is 1. The van der Waals surface area contributed by atoms with Crippen molar-refractivity contribution in [2.24, 2.45) is 0 Å². The molecule has 0 aliphatic carbocycles. The SMILES string of the molecule is Cc1ccc([C@@H](C)NC(=O)OCCCCn2cnc3c(N)ncnc32)cc1. The maximum atomic E-state index is 11.9. The standard InChI is InChI=1S/C19H24N6O2/c1-13-5-7-15(8-6-13)14(2)24-19(26)27-10-4-3-9-25-12-23-16-17(20)21-11-22-18(16)25/h5-8,11-12,14H,3-4,9-10H2,1-2H3,(H,24,26)(H2,20,21,22)/t14-/m1/s1. The summed E-state index contributed by atoms with van der Waals surface area (Å²) in [6.07, 6.45) is 4.30. The van der Waals surface area contributed by atoms with Gasteiger partial charge in [0.25, 0.3) is 0 Å². The minimum atomic E-state index is -0.406. The average Bonchev–Trinajstić information content (AvgIpc) is 3.06. The number of carbonyl (C=O) groups is 1. The van der Waals surface area contributed by atoms with Gasteiger partial charge in [-0.1, -0.05) is 29.8 Å². The minimum absolute atomic E-state index is 0.0967. The Kier molecular flexibility index (Phi) is 5.85. The Hall–Kier alpha value is -3.16. The Morgan fingerprint density at radius 1 is 1.22 bits per heavy atom. The van der Waals surface area contributed by atoms with Crippen LogP contribution >= 0.6 is 0 Å². The smallest absolute Gasteiger partial charge is 0.407 e. The summed E-state index contributed by atoms with van der Waals surface area (Å²) in [7, 11) is 0. The Morgan fingerprint density at radius 3 is 2.78 bits per heavy atom. The second kappa shape index (κ2) is 8.48. The van der Waals surface area contributed by atoms with Crippen molar-refractivity contribution in [1.82, 2.24) is 24.8 Å². The van der Waals surface area contributed by atoms with E-state index in [0.29, 0.717) is 23.6 Å². The molecule has 0 saturated heterocycles. The number of rotatable bonds is 7. The predicted octanol–water partition coefficient (Wildman–Crippen LogP) is 2.98. The number of nitrogens with zero attached hydrogens (tertiary/aromatic N) is 4. The number of nitrogens with one attached hydrogen (secondary N) is 1. The van der Waals surface area contributed by atoms with Gasteiger partial charge in [-0.2, -0.15) is 0 Å². The summed E-state index contributed by atoms with van der Waals surface area (Å²) in [4.78, 5) is 24.3. The summed E-state index contributed by atoms with van der Waals surface area (Å²) in [5.41, 5.74) is 9.34. The van der Waals surface area contributed by atoms with E-state index in [1.807, 2.05) is 42.7 Å². The van der Waals surface area contributed by atoms with Crippen LogP contribution in [0.1, 0.15) is 36.9 Å². The third-order valence-electron chi connectivity index (χ3n) is 4.37. The highest BCUT2D eigenvalue weighted by Crippen LogP contribution is 2.15. The fraction of sp³-hybridized carbons (Fsp3) is 0.368. The van der Waals surface area contributed by atoms with Crippen LogP contribution in [-0.4, -0.2) is 32.2 Å². The van der Waals surface area contributed by atoms with Crippen LogP contribution in [0.5, 0.6) is 0 Å². The van der Waals surface area contributed by atoms with E-state index in [2.05, 4.69) is 20.3 Å². The van der Waals surface area contributed by atoms with Crippen molar-refractivity contribution in [2.45, 2.75) is 39.3 Å². The quantitative estimate of drug-likeness (QED) is 0.621. The molecule has 2 heterocycles. The Labute approximate surface area is 157 Å². The van der Waals surface area contributed by atoms with Crippen molar-refractivity contribution in [2.75, 3.05) is 12.3 Å². The van der Waals surface area contributed by atoms with Crippen molar-refractivity contribution in [1.29, 1.82) is 0 Å². The number of anilines is 1. The zero-order valence-corrected chi connectivity index (χ0v) is 15.6. The molecule has 1 aromatic carbocycles. The van der Waals surface area contributed by atoms with Crippen LogP contribution in [0, 0.1) is 6.92 Å². The number of nitrogen functional groups attached to an aromatic ring is 1. The molecule has 0 fully saturated rings. The number of hydrogen-bond donors (Lipinski definition) is 2. The number of fused-ring (bicyclic) bond motifs is 1. The van der Waals surface area contributed by atoms with Crippen LogP contribution in [0.2, 0.25) is 0 Å². The molecule has 1 atom stereocenters. The number of aromatic nitrogens is 4. The average molecular weight is 368 g/mol. The lowest BCUT2D eigenvalue weighted by Gasteiger charge is -2.14. The molecule has 0 spiro atoms. The largest absolute Gasteiger partial charge is 0.450 e. The molecule has 8 nitrogen and oxygen atoms in total. The van der Waals surface area contributed by atoms with Crippen LogP contribution in [-0.2, 0) is 11.3 Å². The molecular formula is C19H24N6O2. The number of unbranched alkanes of at least 4 members (excludes halogenated alkanes) is 1. The molecule has 2 aromatic heterocycles. The van der Waals surface area contributed by atoms with E-state index < -0.39 is 6.09 Å². The van der Waals surface area contributed by atoms with Gasteiger partial charge in [0.05, 0.1) is 19.0 Å². The van der Waals surface area contributed by atoms with Crippen molar-refractivity contribution in [3.8, 4) is 0 Å². The topological polar surface area (TPSA) is 108 Å². The van der Waals surface area contributed by atoms with Crippen molar-refractivity contribution in [3.63, 3.8) is 0 Å². The Bertz CT molecular complexity index is 906. The molecule has 142 valence electrons. The van der Waals surface area contributed by atoms with E-state index in [1.54, 1.807) is 6.33 Å². The second-order valence-electron chi connectivity index (χ2n) is 6.49. The summed E-state index contributed by atoms with van der Waals surface area (Å²) in [5, 5.41) is 2.84. The molecule has 27 heavy (non-hydrogen) atoms. The monoisotopic (exact) mass is 368 g/mol. The fourth-order valence-corrected chi connectivity index (χ4v) is 2.77. The normalized spacial score (nSPS) is 12.1. The molecule has 0 bridgehead atoms. The van der Waals surface area contributed by atoms with Gasteiger partial charge in [-0.05, 0) is 32.3 Å². The molecule has 3 rings (SSSR count). The van der Waals surface area contributed by atoms with Gasteiger partial charge >= 0.3 is 6.09 Å². The number of amides is 1. The lowest BCUT2D eigenvalue weighted by Crippen LogP contribution is -2.27. The van der Waals surface area contributed by atoms with Crippen LogP contribution < -0.4 is 11.1 Å². The lowest BCUT2D eigenvalue weighted by atomic mass is 10.1. The van der Waals surface area contributed by atoms with Crippen LogP contribution in [0.15, 0.2) is 36.9 Å². The molecule has 1 amide bonds. The minimum Gasteiger partial charge on any atom is -0.450 e. The van der Waals surface area contributed by atoms with E-state index in [1.165, 1.54) is 11.9 Å². The van der Waals surface area contributed by atoms with Gasteiger partial charge in [0.2, 0.25) is 0 Å². The van der Waals surface area contributed by atoms with Crippen LogP contribution in [0.4, 0.5) is 10.6 Å². The summed E-state index contributed by atoms with van der Waals surface area (Å²) >= 11 is 0. The number of aryl methyl sites for hydroxylation is 2. The van der Waals surface area contributed by atoms with E-state index in [4.69, 9.17) is 10.5 Å². The molecule has 0 saturated carbocycles. The first-order valence-electron chi connectivity index (χ1n) is 8.96. The maximum absolute atomic E-state index is 11.9. The van der Waals surface area contributed by atoms with Gasteiger partial charge in [-0.15, -0.1) is 0 Å². The van der Waals surface area contributed by atoms with Gasteiger partial charge < -0.3 is 20.4 Å². The van der Waals surface area contributed by atoms with E-state index >= 15 is 0 Å². The van der Waals surface area contributed by atoms with Gasteiger partial charge in [-0.25, -0.2) is 19.7 Å². The number of ether oxygens (including phenoxy) is 1. The highest BCUT2D eigenvalue weighted by molar-refractivity contribution is 5.81. The van der Waals surface area contributed by atoms with Gasteiger partial charge in [-0.3, -0.25) is 0 Å². The number of carbonyl (C=O) groups excluding carboxylic acids is 1. The van der Waals surface area contributed by atoms with Gasteiger partial charge in [0.15, 0.2) is 11.5 Å². The fourth-order valence-electron chi connectivity index (χ4n) is 2.77. The highest BCUT2D eigenvalue weighted by atomic mass is 16.5. The van der Waals surface area contributed by atoms with Crippen LogP contribution in [0.25, 0.3) is 11.2 Å². The van der Waals surface area contributed by atoms with Crippen molar-refractivity contribution >= 4 is 23.1 Å². The summed E-state index contributed by atoms with van der Waals surface area (Å²) in [6, 6.07) is 7.97. The zero-order chi connectivity index (χ0) is 19.2. The van der Waals surface area contributed by atoms with E-state index in [-0.39, 0.29) is 6.04 Å². The zero-order valence-electron chi connectivity index (χ0n) is 15.6. The molecular weight excluding hydrogens is 344 g/mol. The summed E-state index contributed by atoms with van der Waals surface area (Å²) in [6.45, 7) is 5.04. The molecule has 0 aliphatic heterocycles. The highest BCUT2D eigenvalue weighted by Gasteiger charge is 2.10. The Morgan fingerprint density at radius 2 is 2.00 bits per heavy atom. The van der Waals surface area contributed by atoms with Gasteiger partial charge in [0, 0.05) is 6.54 Å². The van der Waals surface area contributed by atoms with Crippen molar-refractivity contribution < 1.29 is 9.53 Å². The first kappa shape index (κ1) is 18.6. The van der Waals surface area contributed by atoms with Crippen molar-refractivity contribution in [3.05, 3.63) is 48.0 Å². The molecule has 0 radical (unpaired) electrons. The molecule has 0 unspecified atom stereocenters. The maximum Gasteiger partial charge on any atom is 0.407 e. The van der Waals surface area contributed by atoms with Crippen LogP contribution in [0.3, 0.4) is 0 Å². The molecule has 3 aromatic rings. The number of alkyl carbamates (subject to hydrolysis) is 1. The molecule has 0 aliphatic rings. The third kappa shape index (κ3) is 4.72.